The lowest BCUT2D eigenvalue weighted by atomic mass is 10.0. The number of hydrogen-bond donors (Lipinski definition) is 3. The van der Waals surface area contributed by atoms with Gasteiger partial charge < -0.3 is 20.5 Å². The molecule has 7 heteroatoms. The molecule has 1 heterocycles. The zero-order valence-corrected chi connectivity index (χ0v) is 12.8. The molecule has 23 heavy (non-hydrogen) atoms. The fourth-order valence-corrected chi connectivity index (χ4v) is 2.18. The van der Waals surface area contributed by atoms with Gasteiger partial charge in [0.25, 0.3) is 5.91 Å². The van der Waals surface area contributed by atoms with Crippen LogP contribution in [0.5, 0.6) is 0 Å². The van der Waals surface area contributed by atoms with Crippen LogP contribution < -0.4 is 10.6 Å². The number of carbonyl (C=O) groups is 3. The van der Waals surface area contributed by atoms with Crippen molar-refractivity contribution in [1.82, 2.24) is 10.6 Å². The summed E-state index contributed by atoms with van der Waals surface area (Å²) in [6.45, 7) is 2.44. The first-order chi connectivity index (χ1) is 11.0. The smallest absolute Gasteiger partial charge is 0.336 e. The van der Waals surface area contributed by atoms with Crippen LogP contribution in [-0.4, -0.2) is 47.7 Å². The number of ether oxygens (including phenoxy) is 1. The molecule has 0 saturated carbocycles. The normalized spacial score (nSPS) is 20.4. The molecule has 1 aliphatic rings. The lowest BCUT2D eigenvalue weighted by Crippen LogP contribution is -2.49. The molecule has 7 nitrogen and oxygen atoms in total. The van der Waals surface area contributed by atoms with Gasteiger partial charge in [0.1, 0.15) is 6.04 Å². The molecule has 3 N–H and O–H groups in total. The topological polar surface area (TPSA) is 108 Å². The molecule has 1 aromatic carbocycles. The molecule has 1 aliphatic heterocycles. The van der Waals surface area contributed by atoms with Gasteiger partial charge in [-0.3, -0.25) is 9.59 Å². The highest BCUT2D eigenvalue weighted by Gasteiger charge is 2.51. The summed E-state index contributed by atoms with van der Waals surface area (Å²) in [7, 11) is 0. The number of rotatable bonds is 8. The molecule has 2 rings (SSSR count). The fourth-order valence-electron chi connectivity index (χ4n) is 2.18. The second-order valence-corrected chi connectivity index (χ2v) is 5.36. The van der Waals surface area contributed by atoms with E-state index in [1.165, 1.54) is 0 Å². The Hall–Kier alpha value is -2.41. The number of carboxylic acid groups (broad SMARTS) is 1. The van der Waals surface area contributed by atoms with Crippen molar-refractivity contribution in [3.63, 3.8) is 0 Å². The zero-order chi connectivity index (χ0) is 16.8. The van der Waals surface area contributed by atoms with Crippen LogP contribution in [0.25, 0.3) is 0 Å². The average Bonchev–Trinajstić information content (AvgIpc) is 3.34. The quantitative estimate of drug-likeness (QED) is 0.588. The number of hydrogen-bond acceptors (Lipinski definition) is 4. The Morgan fingerprint density at radius 3 is 2.48 bits per heavy atom. The highest BCUT2D eigenvalue weighted by molar-refractivity contribution is 5.95. The molecular weight excluding hydrogens is 300 g/mol. The lowest BCUT2D eigenvalue weighted by Gasteiger charge is -2.18. The number of nitrogens with one attached hydrogen (secondary N) is 2. The van der Waals surface area contributed by atoms with Gasteiger partial charge in [-0.25, -0.2) is 4.79 Å². The molecule has 0 bridgehead atoms. The van der Waals surface area contributed by atoms with E-state index in [4.69, 9.17) is 9.84 Å². The Balaban J connectivity index is 2.00. The third kappa shape index (κ3) is 4.79. The Morgan fingerprint density at radius 2 is 1.91 bits per heavy atom. The molecular formula is C16H20N2O5. The maximum atomic E-state index is 12.2. The molecule has 0 spiro atoms. The van der Waals surface area contributed by atoms with Crippen LogP contribution in [0.3, 0.4) is 0 Å². The fraction of sp³-hybridized carbons (Fsp3) is 0.438. The van der Waals surface area contributed by atoms with Gasteiger partial charge in [-0.2, -0.15) is 0 Å². The zero-order valence-electron chi connectivity index (χ0n) is 12.8. The van der Waals surface area contributed by atoms with Gasteiger partial charge in [-0.1, -0.05) is 37.3 Å². The number of amides is 2. The van der Waals surface area contributed by atoms with E-state index < -0.39 is 30.1 Å². The highest BCUT2D eigenvalue weighted by Crippen LogP contribution is 2.22. The van der Waals surface area contributed by atoms with Crippen molar-refractivity contribution in [1.29, 1.82) is 0 Å². The summed E-state index contributed by atoms with van der Waals surface area (Å²) < 4.78 is 4.81. The third-order valence-electron chi connectivity index (χ3n) is 3.46. The Labute approximate surface area is 134 Å². The van der Waals surface area contributed by atoms with Gasteiger partial charge in [-0.05, 0) is 12.0 Å². The number of aliphatic carboxylic acids is 1. The standard InChI is InChI=1S/C16H20N2O5/c1-2-8-17-14(19)11(9-10-6-4-3-5-7-10)18-15(20)12-13(23-12)16(21)22/h3-7,11-13H,2,8-9H2,1H3,(H,17,19)(H,18,20)(H,21,22)/t11-,12-,13-/m0/s1. The van der Waals surface area contributed by atoms with Crippen molar-refractivity contribution in [2.75, 3.05) is 6.54 Å². The monoisotopic (exact) mass is 320 g/mol. The number of benzene rings is 1. The molecule has 0 radical (unpaired) electrons. The van der Waals surface area contributed by atoms with Crippen LogP contribution in [0.15, 0.2) is 30.3 Å². The predicted molar refractivity (Wildman–Crippen MR) is 81.7 cm³/mol. The van der Waals surface area contributed by atoms with Gasteiger partial charge in [0.2, 0.25) is 5.91 Å². The van der Waals surface area contributed by atoms with E-state index in [9.17, 15) is 14.4 Å². The van der Waals surface area contributed by atoms with Crippen molar-refractivity contribution >= 4 is 17.8 Å². The minimum atomic E-state index is -1.18. The molecule has 1 fully saturated rings. The van der Waals surface area contributed by atoms with Crippen LogP contribution in [0, 0.1) is 0 Å². The molecule has 0 aliphatic carbocycles. The van der Waals surface area contributed by atoms with E-state index in [0.717, 1.165) is 12.0 Å². The predicted octanol–water partition coefficient (Wildman–Crippen LogP) is 0.0921. The minimum Gasteiger partial charge on any atom is -0.479 e. The molecule has 1 aromatic rings. The Bertz CT molecular complexity index is 575. The Morgan fingerprint density at radius 1 is 1.22 bits per heavy atom. The summed E-state index contributed by atoms with van der Waals surface area (Å²) in [6.07, 6.45) is -1.03. The SMILES string of the molecule is CCCNC(=O)[C@H](Cc1ccccc1)NC(=O)[C@H]1O[C@@H]1C(=O)O. The number of carboxylic acids is 1. The molecule has 0 unspecified atom stereocenters. The summed E-state index contributed by atoms with van der Waals surface area (Å²) in [4.78, 5) is 35.0. The largest absolute Gasteiger partial charge is 0.479 e. The van der Waals surface area contributed by atoms with Crippen LogP contribution in [0.2, 0.25) is 0 Å². The van der Waals surface area contributed by atoms with E-state index in [-0.39, 0.29) is 5.91 Å². The van der Waals surface area contributed by atoms with Gasteiger partial charge in [0.05, 0.1) is 0 Å². The van der Waals surface area contributed by atoms with Crippen LogP contribution in [0.1, 0.15) is 18.9 Å². The molecule has 124 valence electrons. The van der Waals surface area contributed by atoms with E-state index in [1.54, 1.807) is 0 Å². The van der Waals surface area contributed by atoms with Crippen LogP contribution in [-0.2, 0) is 25.5 Å². The summed E-state index contributed by atoms with van der Waals surface area (Å²) in [5.74, 6) is -2.05. The number of carbonyl (C=O) groups excluding carboxylic acids is 2. The van der Waals surface area contributed by atoms with Gasteiger partial charge >= 0.3 is 5.97 Å². The second kappa shape index (κ2) is 7.73. The van der Waals surface area contributed by atoms with Crippen molar-refractivity contribution in [2.45, 2.75) is 38.0 Å². The van der Waals surface area contributed by atoms with E-state index in [2.05, 4.69) is 10.6 Å². The molecule has 2 amide bonds. The van der Waals surface area contributed by atoms with Crippen LogP contribution >= 0.6 is 0 Å². The van der Waals surface area contributed by atoms with Gasteiger partial charge in [-0.15, -0.1) is 0 Å². The van der Waals surface area contributed by atoms with Gasteiger partial charge in [0.15, 0.2) is 12.2 Å². The first-order valence-corrected chi connectivity index (χ1v) is 7.53. The molecule has 3 atom stereocenters. The van der Waals surface area contributed by atoms with E-state index >= 15 is 0 Å². The number of epoxide rings is 1. The molecule has 0 aromatic heterocycles. The second-order valence-electron chi connectivity index (χ2n) is 5.36. The van der Waals surface area contributed by atoms with Crippen molar-refractivity contribution in [3.8, 4) is 0 Å². The van der Waals surface area contributed by atoms with Crippen molar-refractivity contribution < 1.29 is 24.2 Å². The summed E-state index contributed by atoms with van der Waals surface area (Å²) in [6, 6.07) is 8.52. The van der Waals surface area contributed by atoms with Crippen molar-refractivity contribution in [3.05, 3.63) is 35.9 Å². The van der Waals surface area contributed by atoms with E-state index in [0.29, 0.717) is 13.0 Å². The first kappa shape index (κ1) is 17.0. The lowest BCUT2D eigenvalue weighted by molar-refractivity contribution is -0.138. The maximum absolute atomic E-state index is 12.2. The van der Waals surface area contributed by atoms with E-state index in [1.807, 2.05) is 37.3 Å². The molecule has 1 saturated heterocycles. The maximum Gasteiger partial charge on any atom is 0.336 e. The third-order valence-corrected chi connectivity index (χ3v) is 3.46. The summed E-state index contributed by atoms with van der Waals surface area (Å²) in [5.41, 5.74) is 0.899. The van der Waals surface area contributed by atoms with Crippen molar-refractivity contribution in [2.24, 2.45) is 0 Å². The first-order valence-electron chi connectivity index (χ1n) is 7.53. The van der Waals surface area contributed by atoms with Crippen LogP contribution in [0.4, 0.5) is 0 Å². The van der Waals surface area contributed by atoms with Gasteiger partial charge in [0, 0.05) is 13.0 Å². The Kier molecular flexibility index (Phi) is 5.70. The minimum absolute atomic E-state index is 0.295. The average molecular weight is 320 g/mol. The highest BCUT2D eigenvalue weighted by atomic mass is 16.6. The summed E-state index contributed by atoms with van der Waals surface area (Å²) >= 11 is 0. The summed E-state index contributed by atoms with van der Waals surface area (Å²) in [5, 5.41) is 14.1.